The number of amidine groups is 1. The maximum absolute atomic E-state index is 12.0. The third-order valence-electron chi connectivity index (χ3n) is 2.84. The van der Waals surface area contributed by atoms with Crippen molar-refractivity contribution < 1.29 is 10.0 Å². The normalized spacial score (nSPS) is 15.4. The number of hydrogen-bond acceptors (Lipinski definition) is 4. The second-order valence-electron chi connectivity index (χ2n) is 4.06. The van der Waals surface area contributed by atoms with Gasteiger partial charge in [0.25, 0.3) is 5.91 Å². The lowest BCUT2D eigenvalue weighted by Crippen LogP contribution is -2.55. The molecule has 0 spiro atoms. The van der Waals surface area contributed by atoms with Crippen molar-refractivity contribution in [2.45, 2.75) is 32.7 Å². The minimum absolute atomic E-state index is 0.00237. The van der Waals surface area contributed by atoms with Crippen LogP contribution in [0, 0.1) is 6.92 Å². The highest BCUT2D eigenvalue weighted by Gasteiger charge is 2.30. The number of nitrogens with zero attached hydrogens (tertiary/aromatic N) is 1. The predicted molar refractivity (Wildman–Crippen MR) is 68.6 cm³/mol. The lowest BCUT2D eigenvalue weighted by Gasteiger charge is -2.27. The monoisotopic (exact) mass is 255 g/mol. The fourth-order valence-electron chi connectivity index (χ4n) is 1.36. The van der Waals surface area contributed by atoms with E-state index in [4.69, 9.17) is 10.9 Å². The van der Waals surface area contributed by atoms with Gasteiger partial charge in [-0.1, -0.05) is 12.1 Å². The summed E-state index contributed by atoms with van der Waals surface area (Å²) in [7, 11) is 0. The molecule has 1 aromatic rings. The maximum atomic E-state index is 12.0. The third kappa shape index (κ3) is 2.76. The average molecular weight is 255 g/mol. The zero-order valence-electron chi connectivity index (χ0n) is 10.2. The van der Waals surface area contributed by atoms with Gasteiger partial charge in [-0.2, -0.15) is 0 Å². The van der Waals surface area contributed by atoms with Gasteiger partial charge < -0.3 is 16.3 Å². The highest BCUT2D eigenvalue weighted by atomic mass is 32.1. The van der Waals surface area contributed by atoms with E-state index in [1.807, 2.05) is 25.3 Å². The smallest absolute Gasteiger partial charge is 0.262 e. The van der Waals surface area contributed by atoms with E-state index in [2.05, 4.69) is 10.5 Å². The average Bonchev–Trinajstić information content (AvgIpc) is 2.74. The predicted octanol–water partition coefficient (Wildman–Crippen LogP) is 1.70. The van der Waals surface area contributed by atoms with Gasteiger partial charge in [-0.25, -0.2) is 0 Å². The van der Waals surface area contributed by atoms with Crippen LogP contribution < -0.4 is 11.1 Å². The largest absolute Gasteiger partial charge is 0.409 e. The Morgan fingerprint density at radius 3 is 2.76 bits per heavy atom. The van der Waals surface area contributed by atoms with Crippen molar-refractivity contribution in [3.05, 3.63) is 21.9 Å². The van der Waals surface area contributed by atoms with Gasteiger partial charge in [0.2, 0.25) is 0 Å². The molecule has 0 aliphatic carbocycles. The van der Waals surface area contributed by atoms with Crippen LogP contribution in [0.4, 0.5) is 0 Å². The fourth-order valence-corrected chi connectivity index (χ4v) is 2.18. The molecule has 0 aliphatic rings. The number of nitrogens with two attached hydrogens (primary N) is 1. The van der Waals surface area contributed by atoms with Crippen LogP contribution >= 0.6 is 11.3 Å². The van der Waals surface area contributed by atoms with Crippen LogP contribution in [0.3, 0.4) is 0 Å². The van der Waals surface area contributed by atoms with Gasteiger partial charge in [-0.05, 0) is 37.3 Å². The standard InChI is InChI=1S/C11H17N3O2S/c1-4-11(3,10(12)14-16)13-9(15)8-7(2)5-6-17-8/h5-6,16H,4H2,1-3H3,(H2,12,14)(H,13,15). The number of oxime groups is 1. The summed E-state index contributed by atoms with van der Waals surface area (Å²) >= 11 is 1.37. The van der Waals surface area contributed by atoms with E-state index in [0.717, 1.165) is 5.56 Å². The summed E-state index contributed by atoms with van der Waals surface area (Å²) in [6.07, 6.45) is 0.541. The molecular weight excluding hydrogens is 238 g/mol. The van der Waals surface area contributed by atoms with Gasteiger partial charge in [-0.15, -0.1) is 11.3 Å². The summed E-state index contributed by atoms with van der Waals surface area (Å²) in [6.45, 7) is 5.46. The molecule has 1 unspecified atom stereocenters. The first kappa shape index (κ1) is 13.5. The van der Waals surface area contributed by atoms with Crippen molar-refractivity contribution in [3.63, 3.8) is 0 Å². The molecule has 0 aromatic carbocycles. The zero-order chi connectivity index (χ0) is 13.1. The minimum Gasteiger partial charge on any atom is -0.409 e. The molecule has 0 fully saturated rings. The topological polar surface area (TPSA) is 87.7 Å². The van der Waals surface area contributed by atoms with Gasteiger partial charge in [-0.3, -0.25) is 4.79 Å². The van der Waals surface area contributed by atoms with Crippen LogP contribution in [0.2, 0.25) is 0 Å². The second-order valence-corrected chi connectivity index (χ2v) is 4.97. The molecule has 0 saturated carbocycles. The van der Waals surface area contributed by atoms with Gasteiger partial charge in [0, 0.05) is 0 Å². The zero-order valence-corrected chi connectivity index (χ0v) is 11.0. The van der Waals surface area contributed by atoms with E-state index < -0.39 is 5.54 Å². The first-order valence-electron chi connectivity index (χ1n) is 5.29. The van der Waals surface area contributed by atoms with Crippen molar-refractivity contribution in [3.8, 4) is 0 Å². The molecule has 0 saturated heterocycles. The van der Waals surface area contributed by atoms with Crippen molar-refractivity contribution in [1.29, 1.82) is 0 Å². The van der Waals surface area contributed by atoms with Gasteiger partial charge in [0.1, 0.15) is 0 Å². The molecule has 0 bridgehead atoms. The van der Waals surface area contributed by atoms with Crippen LogP contribution in [0.15, 0.2) is 16.6 Å². The van der Waals surface area contributed by atoms with Crippen LogP contribution in [0.5, 0.6) is 0 Å². The number of carbonyl (C=O) groups is 1. The molecule has 94 valence electrons. The molecule has 6 heteroatoms. The number of aryl methyl sites for hydroxylation is 1. The molecule has 0 radical (unpaired) electrons. The highest BCUT2D eigenvalue weighted by Crippen LogP contribution is 2.18. The number of nitrogens with one attached hydrogen (secondary N) is 1. The Kier molecular flexibility index (Phi) is 4.11. The van der Waals surface area contributed by atoms with E-state index in [1.165, 1.54) is 11.3 Å². The van der Waals surface area contributed by atoms with Crippen LogP contribution in [0.1, 0.15) is 35.5 Å². The van der Waals surface area contributed by atoms with E-state index >= 15 is 0 Å². The Balaban J connectivity index is 2.91. The Bertz CT molecular complexity index is 442. The Morgan fingerprint density at radius 1 is 1.71 bits per heavy atom. The summed E-state index contributed by atoms with van der Waals surface area (Å²) < 4.78 is 0. The molecule has 1 aromatic heterocycles. The highest BCUT2D eigenvalue weighted by molar-refractivity contribution is 7.12. The van der Waals surface area contributed by atoms with Crippen LogP contribution in [-0.4, -0.2) is 22.5 Å². The summed E-state index contributed by atoms with van der Waals surface area (Å²) in [5.41, 5.74) is 5.68. The number of carbonyl (C=O) groups excluding carboxylic acids is 1. The molecule has 17 heavy (non-hydrogen) atoms. The molecule has 5 nitrogen and oxygen atoms in total. The summed E-state index contributed by atoms with van der Waals surface area (Å²) in [4.78, 5) is 12.7. The maximum Gasteiger partial charge on any atom is 0.262 e. The van der Waals surface area contributed by atoms with E-state index in [1.54, 1.807) is 6.92 Å². The molecule has 0 aliphatic heterocycles. The van der Waals surface area contributed by atoms with Crippen molar-refractivity contribution in [1.82, 2.24) is 5.32 Å². The summed E-state index contributed by atoms with van der Waals surface area (Å²) in [5.74, 6) is -0.198. The number of thiophene rings is 1. The van der Waals surface area contributed by atoms with Gasteiger partial charge in [0.15, 0.2) is 5.84 Å². The molecule has 4 N–H and O–H groups in total. The summed E-state index contributed by atoms with van der Waals surface area (Å²) in [6, 6.07) is 1.88. The van der Waals surface area contributed by atoms with Crippen LogP contribution in [0.25, 0.3) is 0 Å². The molecule has 1 heterocycles. The molecule has 1 amide bonds. The Labute approximate surface area is 104 Å². The number of hydrogen-bond donors (Lipinski definition) is 3. The second kappa shape index (κ2) is 5.18. The van der Waals surface area contributed by atoms with Crippen molar-refractivity contribution in [2.75, 3.05) is 0 Å². The quantitative estimate of drug-likeness (QED) is 0.331. The van der Waals surface area contributed by atoms with E-state index in [-0.39, 0.29) is 11.7 Å². The first-order valence-corrected chi connectivity index (χ1v) is 6.17. The molecular formula is C11H17N3O2S. The summed E-state index contributed by atoms with van der Waals surface area (Å²) in [5, 5.41) is 16.3. The first-order chi connectivity index (χ1) is 7.94. The number of amides is 1. The lowest BCUT2D eigenvalue weighted by molar-refractivity contribution is 0.0928. The number of rotatable bonds is 4. The van der Waals surface area contributed by atoms with Crippen LogP contribution in [-0.2, 0) is 0 Å². The minimum atomic E-state index is -0.831. The molecule has 1 rings (SSSR count). The van der Waals surface area contributed by atoms with Gasteiger partial charge >= 0.3 is 0 Å². The lowest BCUT2D eigenvalue weighted by atomic mass is 9.97. The Morgan fingerprint density at radius 2 is 2.35 bits per heavy atom. The fraction of sp³-hybridized carbons (Fsp3) is 0.455. The van der Waals surface area contributed by atoms with Crippen molar-refractivity contribution >= 4 is 23.1 Å². The SMILES string of the molecule is CCC(C)(NC(=O)c1sccc1C)/C(N)=N/O. The van der Waals surface area contributed by atoms with E-state index in [0.29, 0.717) is 11.3 Å². The van der Waals surface area contributed by atoms with Crippen molar-refractivity contribution in [2.24, 2.45) is 10.9 Å². The van der Waals surface area contributed by atoms with Gasteiger partial charge in [0.05, 0.1) is 10.4 Å². The molecule has 1 atom stereocenters. The van der Waals surface area contributed by atoms with E-state index in [9.17, 15) is 4.79 Å². The Hall–Kier alpha value is -1.56. The third-order valence-corrected chi connectivity index (χ3v) is 3.85.